The highest BCUT2D eigenvalue weighted by molar-refractivity contribution is 6.33. The molecule has 4 aromatic rings. The molecule has 0 spiro atoms. The summed E-state index contributed by atoms with van der Waals surface area (Å²) in [5.74, 6) is 0.128. The summed E-state index contributed by atoms with van der Waals surface area (Å²) in [6, 6.07) is 21.8. The number of aryl methyl sites for hydroxylation is 2. The van der Waals surface area contributed by atoms with Gasteiger partial charge in [0, 0.05) is 11.6 Å². The van der Waals surface area contributed by atoms with Crippen molar-refractivity contribution in [1.82, 2.24) is 15.4 Å². The number of aromatic nitrogens is 2. The number of hydrazine groups is 1. The Balaban J connectivity index is 1.76. The Labute approximate surface area is 220 Å². The van der Waals surface area contributed by atoms with Gasteiger partial charge in [-0.2, -0.15) is 0 Å². The molecule has 36 heavy (non-hydrogen) atoms. The van der Waals surface area contributed by atoms with Crippen LogP contribution in [-0.4, -0.2) is 9.97 Å². The van der Waals surface area contributed by atoms with E-state index in [0.717, 1.165) is 17.5 Å². The first-order chi connectivity index (χ1) is 17.5. The van der Waals surface area contributed by atoms with Crippen LogP contribution in [0.2, 0.25) is 10.0 Å². The van der Waals surface area contributed by atoms with E-state index in [-0.39, 0.29) is 16.4 Å². The predicted octanol–water partition coefficient (Wildman–Crippen LogP) is 7.06. The monoisotopic (exact) mass is 521 g/mol. The average molecular weight is 522 g/mol. The van der Waals surface area contributed by atoms with Crippen LogP contribution in [0.3, 0.4) is 0 Å². The zero-order valence-corrected chi connectivity index (χ0v) is 21.5. The minimum absolute atomic E-state index is 0.114. The molecule has 0 saturated heterocycles. The molecule has 0 fully saturated rings. The fourth-order valence-electron chi connectivity index (χ4n) is 3.60. The number of hydrogen-bond donors (Lipinski definition) is 2. The normalized spacial score (nSPS) is 11.5. The van der Waals surface area contributed by atoms with Crippen LogP contribution in [-0.2, 0) is 19.4 Å². The van der Waals surface area contributed by atoms with E-state index < -0.39 is 5.82 Å². The van der Waals surface area contributed by atoms with Gasteiger partial charge in [0.25, 0.3) is 0 Å². The maximum Gasteiger partial charge on any atom is 0.168 e. The highest BCUT2D eigenvalue weighted by atomic mass is 35.5. The van der Waals surface area contributed by atoms with Crippen molar-refractivity contribution in [3.8, 4) is 11.4 Å². The molecule has 1 aromatic heterocycles. The highest BCUT2D eigenvalue weighted by Gasteiger charge is 2.15. The van der Waals surface area contributed by atoms with Gasteiger partial charge in [-0.25, -0.2) is 24.8 Å². The first kappa shape index (κ1) is 25.8. The van der Waals surface area contributed by atoms with Crippen molar-refractivity contribution in [3.05, 3.63) is 111 Å². The van der Waals surface area contributed by atoms with E-state index in [1.165, 1.54) is 11.6 Å². The second-order valence-corrected chi connectivity index (χ2v) is 8.95. The van der Waals surface area contributed by atoms with Crippen molar-refractivity contribution in [3.63, 3.8) is 0 Å². The lowest BCUT2D eigenvalue weighted by Crippen LogP contribution is -2.22. The van der Waals surface area contributed by atoms with Crippen LogP contribution in [0.5, 0.6) is 0 Å². The Kier molecular flexibility index (Phi) is 8.65. The summed E-state index contributed by atoms with van der Waals surface area (Å²) < 4.78 is 14.9. The number of nitrogens with one attached hydrogen (secondary N) is 2. The zero-order chi connectivity index (χ0) is 25.5. The minimum Gasteiger partial charge on any atom is -0.305 e. The molecule has 0 atom stereocenters. The molecule has 1 heterocycles. The molecule has 0 amide bonds. The average Bonchev–Trinajstić information content (AvgIpc) is 3.04. The molecule has 5 nitrogen and oxygen atoms in total. The lowest BCUT2D eigenvalue weighted by molar-refractivity contribution is 0.630. The van der Waals surface area contributed by atoms with E-state index in [1.807, 2.05) is 13.0 Å². The summed E-state index contributed by atoms with van der Waals surface area (Å²) in [7, 11) is 0. The number of hydrogen-bond acceptors (Lipinski definition) is 5. The zero-order valence-electron chi connectivity index (χ0n) is 20.0. The molecule has 0 radical (unpaired) electrons. The van der Waals surface area contributed by atoms with Gasteiger partial charge >= 0.3 is 0 Å². The van der Waals surface area contributed by atoms with Crippen molar-refractivity contribution in [2.24, 2.45) is 4.99 Å². The molecule has 4 rings (SSSR count). The molecular formula is C28H26Cl2FN5. The Morgan fingerprint density at radius 2 is 1.58 bits per heavy atom. The van der Waals surface area contributed by atoms with Gasteiger partial charge in [-0.15, -0.1) is 0 Å². The van der Waals surface area contributed by atoms with E-state index in [9.17, 15) is 4.39 Å². The van der Waals surface area contributed by atoms with E-state index in [0.29, 0.717) is 35.0 Å². The van der Waals surface area contributed by atoms with Gasteiger partial charge < -0.3 is 5.43 Å². The van der Waals surface area contributed by atoms with Crippen LogP contribution < -0.4 is 16.3 Å². The topological polar surface area (TPSA) is 62.2 Å². The fraction of sp³-hybridized carbons (Fsp3) is 0.179. The van der Waals surface area contributed by atoms with Gasteiger partial charge in [0.1, 0.15) is 11.6 Å². The van der Waals surface area contributed by atoms with Gasteiger partial charge in [0.15, 0.2) is 11.3 Å². The summed E-state index contributed by atoms with van der Waals surface area (Å²) in [6.07, 6.45) is 1.64. The number of halogens is 3. The van der Waals surface area contributed by atoms with Crippen LogP contribution in [0.15, 0.2) is 77.8 Å². The second-order valence-electron chi connectivity index (χ2n) is 8.11. The molecule has 184 valence electrons. The lowest BCUT2D eigenvalue weighted by atomic mass is 10.1. The summed E-state index contributed by atoms with van der Waals surface area (Å²) in [5.41, 5.74) is 10.8. The van der Waals surface area contributed by atoms with Crippen molar-refractivity contribution in [2.45, 2.75) is 33.2 Å². The van der Waals surface area contributed by atoms with Gasteiger partial charge in [-0.3, -0.25) is 0 Å². The molecule has 0 aliphatic rings. The number of anilines is 1. The lowest BCUT2D eigenvalue weighted by Gasteiger charge is -2.10. The van der Waals surface area contributed by atoms with E-state index >= 15 is 0 Å². The molecule has 0 bridgehead atoms. The van der Waals surface area contributed by atoms with Crippen molar-refractivity contribution >= 4 is 34.7 Å². The van der Waals surface area contributed by atoms with Gasteiger partial charge in [-0.05, 0) is 72.0 Å². The Bertz CT molecular complexity index is 1390. The molecule has 8 heteroatoms. The van der Waals surface area contributed by atoms with E-state index in [2.05, 4.69) is 57.0 Å². The summed E-state index contributed by atoms with van der Waals surface area (Å²) in [6.45, 7) is 4.70. The van der Waals surface area contributed by atoms with E-state index in [4.69, 9.17) is 23.2 Å². The summed E-state index contributed by atoms with van der Waals surface area (Å²) >= 11 is 12.4. The van der Waals surface area contributed by atoms with Crippen LogP contribution in [0.4, 0.5) is 15.9 Å². The maximum atomic E-state index is 14.9. The molecule has 0 aliphatic heterocycles. The van der Waals surface area contributed by atoms with Crippen LogP contribution >= 0.6 is 23.2 Å². The van der Waals surface area contributed by atoms with Gasteiger partial charge in [0.2, 0.25) is 0 Å². The third-order valence-corrected chi connectivity index (χ3v) is 6.18. The molecule has 0 saturated carbocycles. The Morgan fingerprint density at radius 1 is 0.861 bits per heavy atom. The molecule has 2 N–H and O–H groups in total. The highest BCUT2D eigenvalue weighted by Crippen LogP contribution is 2.28. The number of benzene rings is 3. The first-order valence-electron chi connectivity index (χ1n) is 11.7. The first-order valence-corrected chi connectivity index (χ1v) is 12.5. The number of rotatable bonds is 8. The van der Waals surface area contributed by atoms with Crippen LogP contribution in [0.25, 0.3) is 11.4 Å². The molecule has 3 aromatic carbocycles. The molecular weight excluding hydrogens is 496 g/mol. The smallest absolute Gasteiger partial charge is 0.168 e. The molecule has 0 aliphatic carbocycles. The minimum atomic E-state index is -0.515. The van der Waals surface area contributed by atoms with Crippen molar-refractivity contribution < 1.29 is 4.39 Å². The summed E-state index contributed by atoms with van der Waals surface area (Å²) in [4.78, 5) is 13.9. The fourth-order valence-corrected chi connectivity index (χ4v) is 3.97. The maximum absolute atomic E-state index is 14.9. The predicted molar refractivity (Wildman–Crippen MR) is 145 cm³/mol. The third-order valence-electron chi connectivity index (χ3n) is 5.61. The second kappa shape index (κ2) is 12.1. The van der Waals surface area contributed by atoms with Crippen LogP contribution in [0, 0.1) is 5.82 Å². The molecule has 0 unspecified atom stereocenters. The van der Waals surface area contributed by atoms with Crippen LogP contribution in [0.1, 0.15) is 30.5 Å². The SMILES string of the molecule is CCc1ccc(CNNc2nc(-c3c(F)cccc3Cl)nc(=Nc3ccc(Cl)cc3)cc2CC)cc1. The summed E-state index contributed by atoms with van der Waals surface area (Å²) in [5, 5.41) is 0.823. The third kappa shape index (κ3) is 6.46. The van der Waals surface area contributed by atoms with Gasteiger partial charge in [-0.1, -0.05) is 67.4 Å². The Morgan fingerprint density at radius 3 is 2.25 bits per heavy atom. The standard InChI is InChI=1S/C28H26Cl2FN5/c1-3-18-8-10-19(11-9-18)17-32-36-27-20(4-2)16-25(33-22-14-12-21(29)13-15-22)34-28(35-27)26-23(30)6-5-7-24(26)31/h5-16,32H,3-4,17H2,1-2H3,(H,33,34,35,36). The largest absolute Gasteiger partial charge is 0.305 e. The quantitative estimate of drug-likeness (QED) is 0.243. The number of nitrogens with zero attached hydrogens (tertiary/aromatic N) is 3. The van der Waals surface area contributed by atoms with Crippen molar-refractivity contribution in [1.29, 1.82) is 0 Å². The van der Waals surface area contributed by atoms with E-state index in [1.54, 1.807) is 36.4 Å². The van der Waals surface area contributed by atoms with Gasteiger partial charge in [0.05, 0.1) is 16.3 Å². The Hall–Kier alpha value is -3.32. The van der Waals surface area contributed by atoms with Crippen molar-refractivity contribution in [2.75, 3.05) is 5.43 Å².